The highest BCUT2D eigenvalue weighted by Gasteiger charge is 2.14. The molecule has 2 aromatic carbocycles. The number of aromatic nitrogens is 2. The summed E-state index contributed by atoms with van der Waals surface area (Å²) in [6, 6.07) is 12.3. The Hall–Kier alpha value is -3.75. The molecule has 1 heterocycles. The molecule has 0 radical (unpaired) electrons. The summed E-state index contributed by atoms with van der Waals surface area (Å²) in [5.74, 6) is 2.31. The van der Waals surface area contributed by atoms with Gasteiger partial charge in [-0.2, -0.15) is 0 Å². The molecule has 0 bridgehead atoms. The molecule has 9 heteroatoms. The Kier molecular flexibility index (Phi) is 7.69. The predicted octanol–water partition coefficient (Wildman–Crippen LogP) is 3.95. The lowest BCUT2D eigenvalue weighted by atomic mass is 10.2. The van der Waals surface area contributed by atoms with Crippen LogP contribution >= 0.6 is 0 Å². The predicted molar refractivity (Wildman–Crippen MR) is 114 cm³/mol. The van der Waals surface area contributed by atoms with Gasteiger partial charge in [-0.15, -0.1) is 5.10 Å². The van der Waals surface area contributed by atoms with E-state index in [1.165, 1.54) is 0 Å². The number of ether oxygens (including phenoxy) is 4. The summed E-state index contributed by atoms with van der Waals surface area (Å²) in [5.41, 5.74) is 0.644. The monoisotopic (exact) mass is 427 g/mol. The summed E-state index contributed by atoms with van der Waals surface area (Å²) >= 11 is 0. The van der Waals surface area contributed by atoms with Crippen LogP contribution in [0, 0.1) is 0 Å². The summed E-state index contributed by atoms with van der Waals surface area (Å²) in [4.78, 5) is 12.1. The third-order valence-electron chi connectivity index (χ3n) is 3.97. The van der Waals surface area contributed by atoms with Crippen molar-refractivity contribution in [3.63, 3.8) is 0 Å². The van der Waals surface area contributed by atoms with E-state index >= 15 is 0 Å². The maximum Gasteiger partial charge on any atom is 0.322 e. The van der Waals surface area contributed by atoms with Crippen LogP contribution in [0.5, 0.6) is 23.0 Å². The largest absolute Gasteiger partial charge is 0.494 e. The zero-order valence-electron chi connectivity index (χ0n) is 17.7. The number of amides is 1. The first-order valence-corrected chi connectivity index (χ1v) is 10.0. The first-order valence-electron chi connectivity index (χ1n) is 10.0. The fourth-order valence-electron chi connectivity index (χ4n) is 2.68. The molecule has 3 aromatic rings. The second-order valence-corrected chi connectivity index (χ2v) is 6.18. The molecule has 0 aliphatic heterocycles. The van der Waals surface area contributed by atoms with Gasteiger partial charge in [0.2, 0.25) is 5.89 Å². The lowest BCUT2D eigenvalue weighted by molar-refractivity contribution is -0.118. The van der Waals surface area contributed by atoms with Crippen molar-refractivity contribution < 1.29 is 28.2 Å². The van der Waals surface area contributed by atoms with Gasteiger partial charge in [-0.05, 0) is 63.2 Å². The average Bonchev–Trinajstić information content (AvgIpc) is 3.23. The van der Waals surface area contributed by atoms with Crippen molar-refractivity contribution in [1.82, 2.24) is 10.2 Å². The van der Waals surface area contributed by atoms with Crippen LogP contribution in [0.4, 0.5) is 6.01 Å². The first-order chi connectivity index (χ1) is 15.1. The van der Waals surface area contributed by atoms with Crippen LogP contribution in [0.15, 0.2) is 46.9 Å². The minimum Gasteiger partial charge on any atom is -0.494 e. The van der Waals surface area contributed by atoms with E-state index in [-0.39, 0.29) is 18.5 Å². The quantitative estimate of drug-likeness (QED) is 0.490. The molecule has 0 unspecified atom stereocenters. The SMILES string of the molecule is CCOc1ccc(OCC(=O)Nc2nnc(-c3ccc(OCC)c(OCC)c3)o2)cc1. The van der Waals surface area contributed by atoms with E-state index in [0.29, 0.717) is 42.6 Å². The lowest BCUT2D eigenvalue weighted by Gasteiger charge is -2.11. The smallest absolute Gasteiger partial charge is 0.322 e. The number of carbonyl (C=O) groups excluding carboxylic acids is 1. The van der Waals surface area contributed by atoms with Crippen molar-refractivity contribution in [3.05, 3.63) is 42.5 Å². The normalized spacial score (nSPS) is 10.4. The van der Waals surface area contributed by atoms with Crippen LogP contribution in [0.3, 0.4) is 0 Å². The molecular weight excluding hydrogens is 402 g/mol. The molecule has 9 nitrogen and oxygen atoms in total. The molecule has 164 valence electrons. The molecule has 1 aromatic heterocycles. The molecule has 0 saturated carbocycles. The van der Waals surface area contributed by atoms with Crippen molar-refractivity contribution in [3.8, 4) is 34.5 Å². The Labute approximate surface area is 180 Å². The lowest BCUT2D eigenvalue weighted by Crippen LogP contribution is -2.20. The van der Waals surface area contributed by atoms with E-state index in [1.807, 2.05) is 20.8 Å². The molecule has 0 aliphatic rings. The maximum absolute atomic E-state index is 12.1. The van der Waals surface area contributed by atoms with Gasteiger partial charge in [-0.3, -0.25) is 10.1 Å². The minimum absolute atomic E-state index is 0.0258. The third-order valence-corrected chi connectivity index (χ3v) is 3.97. The third kappa shape index (κ3) is 6.11. The van der Waals surface area contributed by atoms with Crippen LogP contribution in [0.25, 0.3) is 11.5 Å². The topological polar surface area (TPSA) is 105 Å². The van der Waals surface area contributed by atoms with Crippen LogP contribution in [0.1, 0.15) is 20.8 Å². The van der Waals surface area contributed by atoms with Gasteiger partial charge in [0.25, 0.3) is 5.91 Å². The second-order valence-electron chi connectivity index (χ2n) is 6.18. The summed E-state index contributed by atoms with van der Waals surface area (Å²) in [5, 5.41) is 10.4. The van der Waals surface area contributed by atoms with Gasteiger partial charge in [-0.1, -0.05) is 5.10 Å². The van der Waals surface area contributed by atoms with Crippen LogP contribution in [-0.4, -0.2) is 42.5 Å². The molecule has 0 fully saturated rings. The molecule has 3 rings (SSSR count). The number of hydrogen-bond donors (Lipinski definition) is 1. The van der Waals surface area contributed by atoms with Gasteiger partial charge in [0.05, 0.1) is 19.8 Å². The summed E-state index contributed by atoms with van der Waals surface area (Å²) in [7, 11) is 0. The summed E-state index contributed by atoms with van der Waals surface area (Å²) < 4.78 is 27.5. The molecule has 31 heavy (non-hydrogen) atoms. The van der Waals surface area contributed by atoms with E-state index in [9.17, 15) is 4.79 Å². The van der Waals surface area contributed by atoms with Crippen molar-refractivity contribution in [2.75, 3.05) is 31.7 Å². The van der Waals surface area contributed by atoms with Gasteiger partial charge in [-0.25, -0.2) is 0 Å². The molecule has 0 spiro atoms. The van der Waals surface area contributed by atoms with Gasteiger partial charge in [0.15, 0.2) is 18.1 Å². The Morgan fingerprint density at radius 1 is 0.839 bits per heavy atom. The number of nitrogens with zero attached hydrogens (tertiary/aromatic N) is 2. The molecule has 0 saturated heterocycles. The van der Waals surface area contributed by atoms with E-state index in [1.54, 1.807) is 42.5 Å². The Morgan fingerprint density at radius 2 is 1.48 bits per heavy atom. The highest BCUT2D eigenvalue weighted by molar-refractivity contribution is 5.89. The molecule has 0 aliphatic carbocycles. The van der Waals surface area contributed by atoms with Crippen molar-refractivity contribution in [2.24, 2.45) is 0 Å². The summed E-state index contributed by atoms with van der Waals surface area (Å²) in [6.45, 7) is 7.08. The minimum atomic E-state index is -0.425. The van der Waals surface area contributed by atoms with E-state index in [4.69, 9.17) is 23.4 Å². The average molecular weight is 427 g/mol. The highest BCUT2D eigenvalue weighted by atomic mass is 16.5. The van der Waals surface area contributed by atoms with Gasteiger partial charge in [0, 0.05) is 5.56 Å². The number of rotatable bonds is 11. The number of carbonyl (C=O) groups is 1. The van der Waals surface area contributed by atoms with Gasteiger partial charge < -0.3 is 23.4 Å². The van der Waals surface area contributed by atoms with Crippen LogP contribution in [0.2, 0.25) is 0 Å². The fourth-order valence-corrected chi connectivity index (χ4v) is 2.68. The fraction of sp³-hybridized carbons (Fsp3) is 0.318. The van der Waals surface area contributed by atoms with Crippen molar-refractivity contribution >= 4 is 11.9 Å². The Bertz CT molecular complexity index is 987. The number of benzene rings is 2. The van der Waals surface area contributed by atoms with Gasteiger partial charge in [0.1, 0.15) is 11.5 Å². The molecular formula is C22H25N3O6. The van der Waals surface area contributed by atoms with Crippen molar-refractivity contribution in [2.45, 2.75) is 20.8 Å². The van der Waals surface area contributed by atoms with Crippen LogP contribution < -0.4 is 24.3 Å². The van der Waals surface area contributed by atoms with E-state index in [0.717, 1.165) is 5.75 Å². The molecule has 0 atom stereocenters. The Balaban J connectivity index is 1.59. The zero-order valence-corrected chi connectivity index (χ0v) is 17.7. The highest BCUT2D eigenvalue weighted by Crippen LogP contribution is 2.32. The number of anilines is 1. The molecule has 1 N–H and O–H groups in total. The summed E-state index contributed by atoms with van der Waals surface area (Å²) in [6.07, 6.45) is 0. The standard InChI is InChI=1S/C22H25N3O6/c1-4-27-16-8-10-17(11-9-16)30-14-20(26)23-22-25-24-21(31-22)15-7-12-18(28-5-2)19(13-15)29-6-3/h7-13H,4-6,14H2,1-3H3,(H,23,25,26). The van der Waals surface area contributed by atoms with E-state index < -0.39 is 5.91 Å². The molecule has 1 amide bonds. The van der Waals surface area contributed by atoms with Crippen molar-refractivity contribution in [1.29, 1.82) is 0 Å². The first kappa shape index (κ1) is 21.9. The maximum atomic E-state index is 12.1. The second kappa shape index (κ2) is 10.9. The Morgan fingerprint density at radius 3 is 2.16 bits per heavy atom. The number of hydrogen-bond acceptors (Lipinski definition) is 8. The van der Waals surface area contributed by atoms with Crippen LogP contribution in [-0.2, 0) is 4.79 Å². The number of nitrogens with one attached hydrogen (secondary N) is 1. The zero-order chi connectivity index (χ0) is 22.1. The van der Waals surface area contributed by atoms with E-state index in [2.05, 4.69) is 15.5 Å². The van der Waals surface area contributed by atoms with Gasteiger partial charge >= 0.3 is 6.01 Å².